The number of rotatable bonds is 6. The summed E-state index contributed by atoms with van der Waals surface area (Å²) in [5.41, 5.74) is 5.88. The maximum Gasteiger partial charge on any atom is 0.0155 e. The summed E-state index contributed by atoms with van der Waals surface area (Å²) in [7, 11) is 2.27. The maximum atomic E-state index is 5.88. The summed E-state index contributed by atoms with van der Waals surface area (Å²) in [4.78, 5) is 2.52. The highest BCUT2D eigenvalue weighted by atomic mass is 32.2. The molecule has 0 radical (unpaired) electrons. The van der Waals surface area contributed by atoms with E-state index in [4.69, 9.17) is 5.73 Å². The summed E-state index contributed by atoms with van der Waals surface area (Å²) in [5, 5.41) is 0. The molecule has 16 heavy (non-hydrogen) atoms. The van der Waals surface area contributed by atoms with Crippen LogP contribution in [-0.4, -0.2) is 43.1 Å². The summed E-state index contributed by atoms with van der Waals surface area (Å²) in [6.07, 6.45) is 7.73. The monoisotopic (exact) mass is 244 g/mol. The second-order valence-electron chi connectivity index (χ2n) is 5.28. The van der Waals surface area contributed by atoms with E-state index in [-0.39, 0.29) is 0 Å². The molecular weight excluding hydrogens is 216 g/mol. The lowest BCUT2D eigenvalue weighted by atomic mass is 9.79. The molecule has 2 N–H and O–H groups in total. The summed E-state index contributed by atoms with van der Waals surface area (Å²) in [5.74, 6) is 2.85. The van der Waals surface area contributed by atoms with Crippen LogP contribution in [0, 0.1) is 11.8 Å². The highest BCUT2D eigenvalue weighted by Crippen LogP contribution is 2.30. The molecule has 1 saturated carbocycles. The fraction of sp³-hybridized carbons (Fsp3) is 1.00. The zero-order valence-electron chi connectivity index (χ0n) is 11.1. The first-order chi connectivity index (χ1) is 7.69. The minimum Gasteiger partial charge on any atom is -0.330 e. The summed E-state index contributed by atoms with van der Waals surface area (Å²) in [6.45, 7) is 4.45. The van der Waals surface area contributed by atoms with Crippen molar-refractivity contribution in [2.75, 3.05) is 32.1 Å². The first kappa shape index (κ1) is 14.3. The molecule has 0 spiro atoms. The Hall–Kier alpha value is 0.270. The SMILES string of the molecule is CSCC(C)N(C)CC1CCCCC1CN. The van der Waals surface area contributed by atoms with Crippen LogP contribution in [0.3, 0.4) is 0 Å². The molecule has 1 rings (SSSR count). The van der Waals surface area contributed by atoms with Crippen molar-refractivity contribution in [1.29, 1.82) is 0 Å². The lowest BCUT2D eigenvalue weighted by Gasteiger charge is -2.35. The van der Waals surface area contributed by atoms with Gasteiger partial charge in [0, 0.05) is 18.3 Å². The Bertz CT molecular complexity index is 187. The van der Waals surface area contributed by atoms with Crippen molar-refractivity contribution >= 4 is 11.8 Å². The molecule has 0 aromatic carbocycles. The van der Waals surface area contributed by atoms with Crippen LogP contribution in [-0.2, 0) is 0 Å². The van der Waals surface area contributed by atoms with Crippen molar-refractivity contribution in [3.05, 3.63) is 0 Å². The predicted molar refractivity (Wildman–Crippen MR) is 75.0 cm³/mol. The minimum atomic E-state index is 0.690. The standard InChI is InChI=1S/C13H28N2S/c1-11(10-16-3)15(2)9-13-7-5-4-6-12(13)8-14/h11-13H,4-10,14H2,1-3H3. The molecular formula is C13H28N2S. The number of hydrogen-bond acceptors (Lipinski definition) is 3. The molecule has 1 fully saturated rings. The third-order valence-corrected chi connectivity index (χ3v) is 4.87. The Kier molecular flexibility index (Phi) is 6.78. The third kappa shape index (κ3) is 4.27. The number of nitrogens with zero attached hydrogens (tertiary/aromatic N) is 1. The molecule has 96 valence electrons. The average Bonchev–Trinajstić information content (AvgIpc) is 2.30. The molecule has 0 bridgehead atoms. The first-order valence-electron chi connectivity index (χ1n) is 6.58. The van der Waals surface area contributed by atoms with Crippen molar-refractivity contribution in [1.82, 2.24) is 4.90 Å². The van der Waals surface area contributed by atoms with Gasteiger partial charge in [0.25, 0.3) is 0 Å². The number of thioether (sulfide) groups is 1. The van der Waals surface area contributed by atoms with Crippen molar-refractivity contribution in [2.45, 2.75) is 38.6 Å². The van der Waals surface area contributed by atoms with Crippen LogP contribution in [0.2, 0.25) is 0 Å². The molecule has 0 heterocycles. The van der Waals surface area contributed by atoms with Crippen LogP contribution in [0.5, 0.6) is 0 Å². The van der Waals surface area contributed by atoms with Crippen molar-refractivity contribution < 1.29 is 0 Å². The van der Waals surface area contributed by atoms with Crippen molar-refractivity contribution in [2.24, 2.45) is 17.6 Å². The summed E-state index contributed by atoms with van der Waals surface area (Å²) in [6, 6.07) is 0.690. The Balaban J connectivity index is 2.38. The van der Waals surface area contributed by atoms with Crippen LogP contribution in [0.25, 0.3) is 0 Å². The van der Waals surface area contributed by atoms with Crippen LogP contribution in [0.1, 0.15) is 32.6 Å². The van der Waals surface area contributed by atoms with Crippen molar-refractivity contribution in [3.63, 3.8) is 0 Å². The van der Waals surface area contributed by atoms with Crippen LogP contribution in [0.4, 0.5) is 0 Å². The van der Waals surface area contributed by atoms with E-state index in [1.165, 1.54) is 38.0 Å². The van der Waals surface area contributed by atoms with Crippen LogP contribution in [0.15, 0.2) is 0 Å². The largest absolute Gasteiger partial charge is 0.330 e. The molecule has 3 unspecified atom stereocenters. The van der Waals surface area contributed by atoms with Gasteiger partial charge in [0.2, 0.25) is 0 Å². The molecule has 0 aromatic heterocycles. The van der Waals surface area contributed by atoms with Gasteiger partial charge in [0.1, 0.15) is 0 Å². The first-order valence-corrected chi connectivity index (χ1v) is 7.97. The fourth-order valence-corrected chi connectivity index (χ4v) is 3.49. The average molecular weight is 244 g/mol. The lowest BCUT2D eigenvalue weighted by molar-refractivity contribution is 0.155. The molecule has 3 heteroatoms. The Labute approximate surface area is 105 Å². The van der Waals surface area contributed by atoms with E-state index in [1.54, 1.807) is 0 Å². The lowest BCUT2D eigenvalue weighted by Crippen LogP contribution is -2.40. The number of nitrogens with two attached hydrogens (primary N) is 1. The van der Waals surface area contributed by atoms with Gasteiger partial charge in [-0.25, -0.2) is 0 Å². The van der Waals surface area contributed by atoms with Gasteiger partial charge < -0.3 is 10.6 Å². The van der Waals surface area contributed by atoms with E-state index in [0.717, 1.165) is 18.4 Å². The van der Waals surface area contributed by atoms with Gasteiger partial charge in [-0.05, 0) is 51.4 Å². The second-order valence-corrected chi connectivity index (χ2v) is 6.19. The topological polar surface area (TPSA) is 29.3 Å². The molecule has 3 atom stereocenters. The van der Waals surface area contributed by atoms with E-state index < -0.39 is 0 Å². The third-order valence-electron chi connectivity index (χ3n) is 4.05. The van der Waals surface area contributed by atoms with Gasteiger partial charge in [-0.15, -0.1) is 0 Å². The highest BCUT2D eigenvalue weighted by Gasteiger charge is 2.25. The summed E-state index contributed by atoms with van der Waals surface area (Å²) < 4.78 is 0. The van der Waals surface area contributed by atoms with E-state index in [1.807, 2.05) is 11.8 Å². The van der Waals surface area contributed by atoms with E-state index >= 15 is 0 Å². The molecule has 0 amide bonds. The minimum absolute atomic E-state index is 0.690. The number of hydrogen-bond donors (Lipinski definition) is 1. The maximum absolute atomic E-state index is 5.88. The quantitative estimate of drug-likeness (QED) is 0.778. The zero-order valence-corrected chi connectivity index (χ0v) is 11.9. The Morgan fingerprint density at radius 3 is 2.50 bits per heavy atom. The van der Waals surface area contributed by atoms with Gasteiger partial charge in [-0.3, -0.25) is 0 Å². The van der Waals surface area contributed by atoms with Crippen molar-refractivity contribution in [3.8, 4) is 0 Å². The molecule has 1 aliphatic carbocycles. The Morgan fingerprint density at radius 2 is 1.94 bits per heavy atom. The molecule has 2 nitrogen and oxygen atoms in total. The van der Waals surface area contributed by atoms with Crippen LogP contribution >= 0.6 is 11.8 Å². The van der Waals surface area contributed by atoms with Gasteiger partial charge in [-0.1, -0.05) is 12.8 Å². The fourth-order valence-electron chi connectivity index (χ4n) is 2.75. The molecule has 0 saturated heterocycles. The van der Waals surface area contributed by atoms with Gasteiger partial charge >= 0.3 is 0 Å². The van der Waals surface area contributed by atoms with Gasteiger partial charge in [0.15, 0.2) is 0 Å². The van der Waals surface area contributed by atoms with Gasteiger partial charge in [0.05, 0.1) is 0 Å². The summed E-state index contributed by atoms with van der Waals surface area (Å²) >= 11 is 1.94. The van der Waals surface area contributed by atoms with Gasteiger partial charge in [-0.2, -0.15) is 11.8 Å². The smallest absolute Gasteiger partial charge is 0.0155 e. The molecule has 0 aliphatic heterocycles. The normalized spacial score (nSPS) is 28.3. The van der Waals surface area contributed by atoms with Crippen LogP contribution < -0.4 is 5.73 Å². The predicted octanol–water partition coefficient (Wildman–Crippen LogP) is 2.43. The molecule has 1 aliphatic rings. The molecule has 0 aromatic rings. The van der Waals surface area contributed by atoms with E-state index in [2.05, 4.69) is 25.1 Å². The highest BCUT2D eigenvalue weighted by molar-refractivity contribution is 7.98. The van der Waals surface area contributed by atoms with E-state index in [0.29, 0.717) is 6.04 Å². The van der Waals surface area contributed by atoms with E-state index in [9.17, 15) is 0 Å². The Morgan fingerprint density at radius 1 is 1.31 bits per heavy atom. The zero-order chi connectivity index (χ0) is 12.0. The second kappa shape index (κ2) is 7.57.